The predicted molar refractivity (Wildman–Crippen MR) is 90.9 cm³/mol. The van der Waals surface area contributed by atoms with Crippen LogP contribution in [0.15, 0.2) is 29.1 Å². The summed E-state index contributed by atoms with van der Waals surface area (Å²) < 4.78 is 9.57. The summed E-state index contributed by atoms with van der Waals surface area (Å²) >= 11 is 0. The Kier molecular flexibility index (Phi) is 4.45. The highest BCUT2D eigenvalue weighted by Crippen LogP contribution is 2.44. The maximum absolute atomic E-state index is 12.5. The maximum Gasteiger partial charge on any atom is 0.337 e. The average Bonchev–Trinajstić information content (AvgIpc) is 2.98. The van der Waals surface area contributed by atoms with Gasteiger partial charge in [0.25, 0.3) is 5.56 Å². The Labute approximate surface area is 149 Å². The van der Waals surface area contributed by atoms with E-state index in [1.165, 1.54) is 14.2 Å². The lowest BCUT2D eigenvalue weighted by molar-refractivity contribution is -0.156. The van der Waals surface area contributed by atoms with E-state index in [-0.39, 0.29) is 12.0 Å². The maximum atomic E-state index is 12.5. The van der Waals surface area contributed by atoms with Crippen molar-refractivity contribution in [2.45, 2.75) is 24.9 Å². The molecule has 26 heavy (non-hydrogen) atoms. The van der Waals surface area contributed by atoms with Crippen molar-refractivity contribution < 1.29 is 24.2 Å². The Morgan fingerprint density at radius 1 is 1.15 bits per heavy atom. The molecule has 0 bridgehead atoms. The molecule has 1 aliphatic rings. The van der Waals surface area contributed by atoms with Gasteiger partial charge >= 0.3 is 11.9 Å². The highest BCUT2D eigenvalue weighted by atomic mass is 16.5. The van der Waals surface area contributed by atoms with Crippen LogP contribution in [0.4, 0.5) is 0 Å². The van der Waals surface area contributed by atoms with Crippen LogP contribution in [0.2, 0.25) is 0 Å². The molecular weight excluding hydrogens is 340 g/mol. The van der Waals surface area contributed by atoms with Gasteiger partial charge in [0, 0.05) is 23.6 Å². The van der Waals surface area contributed by atoms with E-state index < -0.39 is 29.4 Å². The quantitative estimate of drug-likeness (QED) is 0.694. The minimum Gasteiger partial charge on any atom is -0.469 e. The van der Waals surface area contributed by atoms with Gasteiger partial charge in [0.1, 0.15) is 0 Å². The van der Waals surface area contributed by atoms with E-state index in [2.05, 4.69) is 14.9 Å². The van der Waals surface area contributed by atoms with E-state index in [4.69, 9.17) is 4.74 Å². The highest BCUT2D eigenvalue weighted by Gasteiger charge is 2.51. The first kappa shape index (κ1) is 17.9. The first-order valence-electron chi connectivity index (χ1n) is 8.08. The number of benzene rings is 1. The second-order valence-corrected chi connectivity index (χ2v) is 6.60. The molecule has 2 aromatic rings. The molecule has 0 fully saturated rings. The number of esters is 2. The number of carbonyl (C=O) groups is 2. The molecule has 0 amide bonds. The summed E-state index contributed by atoms with van der Waals surface area (Å²) in [5, 5.41) is 16.2. The normalized spacial score (nSPS) is 24.6. The zero-order valence-electron chi connectivity index (χ0n) is 14.7. The number of aromatic nitrogens is 2. The van der Waals surface area contributed by atoms with Gasteiger partial charge in [-0.25, -0.2) is 4.79 Å². The van der Waals surface area contributed by atoms with Crippen molar-refractivity contribution in [3.8, 4) is 0 Å². The van der Waals surface area contributed by atoms with E-state index in [0.29, 0.717) is 22.4 Å². The average molecular weight is 360 g/mol. The van der Waals surface area contributed by atoms with Crippen molar-refractivity contribution in [1.29, 1.82) is 0 Å². The molecule has 0 saturated carbocycles. The van der Waals surface area contributed by atoms with Gasteiger partial charge in [-0.3, -0.25) is 14.7 Å². The highest BCUT2D eigenvalue weighted by molar-refractivity contribution is 5.89. The number of carbonyl (C=O) groups excluding carboxylic acids is 2. The fourth-order valence-corrected chi connectivity index (χ4v) is 3.69. The zero-order chi connectivity index (χ0) is 19.1. The number of methoxy groups -OCH3 is 2. The van der Waals surface area contributed by atoms with E-state index in [0.717, 1.165) is 0 Å². The number of hydrogen-bond donors (Lipinski definition) is 3. The Hall–Kier alpha value is -2.87. The van der Waals surface area contributed by atoms with Crippen molar-refractivity contribution in [2.24, 2.45) is 5.92 Å². The summed E-state index contributed by atoms with van der Waals surface area (Å²) in [6, 6.07) is 6.40. The molecule has 138 valence electrons. The number of ether oxygens (including phenoxy) is 2. The van der Waals surface area contributed by atoms with E-state index in [1.807, 2.05) is 0 Å². The lowest BCUT2D eigenvalue weighted by Gasteiger charge is -2.40. The van der Waals surface area contributed by atoms with Crippen molar-refractivity contribution in [3.63, 3.8) is 0 Å². The first-order chi connectivity index (χ1) is 12.3. The van der Waals surface area contributed by atoms with Crippen molar-refractivity contribution in [3.05, 3.63) is 57.0 Å². The number of fused-ring (bicyclic) bond motifs is 1. The third kappa shape index (κ3) is 2.82. The number of aromatic amines is 2. The molecule has 1 aliphatic carbocycles. The van der Waals surface area contributed by atoms with Crippen LogP contribution >= 0.6 is 0 Å². The van der Waals surface area contributed by atoms with Crippen LogP contribution in [0.25, 0.3) is 0 Å². The SMILES string of the molecule is COC(=O)c1ccc([C@@H]2c3c([nH][nH]c3=O)C[C@](C)(O)[C@H]2C(=O)OC)cc1. The minimum absolute atomic E-state index is 0.109. The molecule has 0 unspecified atom stereocenters. The summed E-state index contributed by atoms with van der Waals surface area (Å²) in [5.74, 6) is -2.79. The van der Waals surface area contributed by atoms with Crippen LogP contribution in [0.1, 0.15) is 40.0 Å². The molecule has 3 N–H and O–H groups in total. The summed E-state index contributed by atoms with van der Waals surface area (Å²) in [6.45, 7) is 1.54. The summed E-state index contributed by atoms with van der Waals surface area (Å²) in [4.78, 5) is 36.4. The lowest BCUT2D eigenvalue weighted by Crippen LogP contribution is -2.49. The van der Waals surface area contributed by atoms with Crippen molar-refractivity contribution in [1.82, 2.24) is 10.2 Å². The summed E-state index contributed by atoms with van der Waals surface area (Å²) in [7, 11) is 2.53. The summed E-state index contributed by atoms with van der Waals surface area (Å²) in [5.41, 5.74) is 0.110. The Balaban J connectivity index is 2.16. The second kappa shape index (κ2) is 6.45. The van der Waals surface area contributed by atoms with Gasteiger partial charge in [0.05, 0.1) is 31.3 Å². The first-order valence-corrected chi connectivity index (χ1v) is 8.08. The monoisotopic (exact) mass is 360 g/mol. The van der Waals surface area contributed by atoms with E-state index >= 15 is 0 Å². The molecule has 1 heterocycles. The minimum atomic E-state index is -1.42. The molecule has 1 aromatic carbocycles. The topological polar surface area (TPSA) is 121 Å². The molecule has 8 heteroatoms. The molecule has 8 nitrogen and oxygen atoms in total. The Morgan fingerprint density at radius 3 is 2.38 bits per heavy atom. The third-order valence-electron chi connectivity index (χ3n) is 4.89. The van der Waals surface area contributed by atoms with E-state index in [1.54, 1.807) is 31.2 Å². The number of rotatable bonds is 3. The summed E-state index contributed by atoms with van der Waals surface area (Å²) in [6.07, 6.45) is 0.109. The molecule has 0 spiro atoms. The van der Waals surface area contributed by atoms with Gasteiger partial charge in [-0.15, -0.1) is 0 Å². The van der Waals surface area contributed by atoms with E-state index in [9.17, 15) is 19.5 Å². The second-order valence-electron chi connectivity index (χ2n) is 6.60. The van der Waals surface area contributed by atoms with Gasteiger partial charge in [0.15, 0.2) is 0 Å². The fraction of sp³-hybridized carbons (Fsp3) is 0.389. The molecule has 3 atom stereocenters. The Morgan fingerprint density at radius 2 is 1.81 bits per heavy atom. The van der Waals surface area contributed by atoms with Crippen LogP contribution in [-0.4, -0.2) is 47.1 Å². The van der Waals surface area contributed by atoms with Gasteiger partial charge in [-0.1, -0.05) is 12.1 Å². The standard InChI is InChI=1S/C18H20N2O6/c1-18(24)8-11-13(15(21)20-19-11)12(14(18)17(23)26-3)9-4-6-10(7-5-9)16(22)25-2/h4-7,12,14,24H,8H2,1-3H3,(H2,19,20,21)/t12-,14-,18+/m1/s1. The lowest BCUT2D eigenvalue weighted by atomic mass is 9.66. The Bertz CT molecular complexity index is 893. The molecule has 0 saturated heterocycles. The third-order valence-corrected chi connectivity index (χ3v) is 4.89. The molecule has 1 aromatic heterocycles. The number of H-pyrrole nitrogens is 2. The van der Waals surface area contributed by atoms with Crippen molar-refractivity contribution in [2.75, 3.05) is 14.2 Å². The smallest absolute Gasteiger partial charge is 0.337 e. The van der Waals surface area contributed by atoms with Crippen LogP contribution in [-0.2, 0) is 20.7 Å². The van der Waals surface area contributed by atoms with Crippen LogP contribution in [0.5, 0.6) is 0 Å². The number of hydrogen-bond acceptors (Lipinski definition) is 6. The zero-order valence-corrected chi connectivity index (χ0v) is 14.7. The van der Waals surface area contributed by atoms with Crippen molar-refractivity contribution >= 4 is 11.9 Å². The van der Waals surface area contributed by atoms with Crippen LogP contribution < -0.4 is 5.56 Å². The molecule has 3 rings (SSSR count). The fourth-order valence-electron chi connectivity index (χ4n) is 3.69. The number of nitrogens with one attached hydrogen (secondary N) is 2. The van der Waals surface area contributed by atoms with Gasteiger partial charge in [-0.05, 0) is 24.6 Å². The van der Waals surface area contributed by atoms with Gasteiger partial charge in [-0.2, -0.15) is 0 Å². The van der Waals surface area contributed by atoms with Crippen LogP contribution in [0.3, 0.4) is 0 Å². The molecule has 0 radical (unpaired) electrons. The predicted octanol–water partition coefficient (Wildman–Crippen LogP) is 0.718. The van der Waals surface area contributed by atoms with Crippen LogP contribution in [0, 0.1) is 5.92 Å². The van der Waals surface area contributed by atoms with Gasteiger partial charge < -0.3 is 19.7 Å². The largest absolute Gasteiger partial charge is 0.469 e. The molecular formula is C18H20N2O6. The van der Waals surface area contributed by atoms with Gasteiger partial charge in [0.2, 0.25) is 0 Å². The number of aliphatic hydroxyl groups is 1. The molecule has 0 aliphatic heterocycles.